The van der Waals surface area contributed by atoms with Gasteiger partial charge in [0, 0.05) is 17.2 Å². The molecule has 2 amide bonds. The zero-order chi connectivity index (χ0) is 19.0. The molecular weight excluding hydrogens is 358 g/mol. The van der Waals surface area contributed by atoms with Crippen LogP contribution in [0.3, 0.4) is 0 Å². The summed E-state index contributed by atoms with van der Waals surface area (Å²) in [5.41, 5.74) is 1.60. The molecule has 26 heavy (non-hydrogen) atoms. The van der Waals surface area contributed by atoms with Gasteiger partial charge in [0.2, 0.25) is 0 Å². The fraction of sp³-hybridized carbons (Fsp3) is 0.118. The largest absolute Gasteiger partial charge is 0.457 e. The number of nitro groups is 1. The molecule has 2 heterocycles. The highest BCUT2D eigenvalue weighted by Crippen LogP contribution is 2.33. The van der Waals surface area contributed by atoms with E-state index >= 15 is 0 Å². The first-order valence-electron chi connectivity index (χ1n) is 7.50. The highest BCUT2D eigenvalue weighted by Gasteiger charge is 2.26. The molecule has 0 spiro atoms. The van der Waals surface area contributed by atoms with Crippen molar-refractivity contribution in [2.24, 2.45) is 0 Å². The predicted octanol–water partition coefficient (Wildman–Crippen LogP) is 2.39. The molecule has 132 valence electrons. The Balaban J connectivity index is 2.00. The zero-order valence-electron chi connectivity index (χ0n) is 13.8. The summed E-state index contributed by atoms with van der Waals surface area (Å²) in [4.78, 5) is 34.5. The molecule has 8 nitrogen and oxygen atoms in total. The van der Waals surface area contributed by atoms with Crippen LogP contribution in [0.25, 0.3) is 17.4 Å². The molecule has 3 rings (SSSR count). The zero-order valence-corrected chi connectivity index (χ0v) is 14.6. The van der Waals surface area contributed by atoms with Gasteiger partial charge in [0.25, 0.3) is 17.5 Å². The van der Waals surface area contributed by atoms with Crippen molar-refractivity contribution in [2.45, 2.75) is 13.8 Å². The maximum Gasteiger partial charge on any atom is 0.273 e. The van der Waals surface area contributed by atoms with Gasteiger partial charge in [-0.05, 0) is 55.9 Å². The number of thiocarbonyl (C=S) groups is 1. The smallest absolute Gasteiger partial charge is 0.273 e. The van der Waals surface area contributed by atoms with Crippen molar-refractivity contribution in [1.29, 1.82) is 0 Å². The predicted molar refractivity (Wildman–Crippen MR) is 97.1 cm³/mol. The van der Waals surface area contributed by atoms with Crippen LogP contribution in [0.5, 0.6) is 0 Å². The second-order valence-corrected chi connectivity index (χ2v) is 6.12. The third kappa shape index (κ3) is 3.24. The second-order valence-electron chi connectivity index (χ2n) is 5.71. The van der Waals surface area contributed by atoms with E-state index in [2.05, 4.69) is 10.6 Å². The molecule has 9 heteroatoms. The number of nitrogens with zero attached hydrogens (tertiary/aromatic N) is 1. The highest BCUT2D eigenvalue weighted by atomic mass is 32.1. The van der Waals surface area contributed by atoms with Crippen molar-refractivity contribution in [3.05, 3.63) is 56.8 Å². The van der Waals surface area contributed by atoms with Crippen molar-refractivity contribution in [3.8, 4) is 11.3 Å². The molecule has 1 aliphatic heterocycles. The minimum absolute atomic E-state index is 0.00384. The quantitative estimate of drug-likeness (QED) is 0.281. The summed E-state index contributed by atoms with van der Waals surface area (Å²) in [6.07, 6.45) is 1.29. The summed E-state index contributed by atoms with van der Waals surface area (Å²) < 4.78 is 5.67. The van der Waals surface area contributed by atoms with Gasteiger partial charge in [-0.2, -0.15) is 0 Å². The molecule has 0 unspecified atom stereocenters. The first-order valence-corrected chi connectivity index (χ1v) is 7.91. The average Bonchev–Trinajstić information content (AvgIpc) is 3.01. The van der Waals surface area contributed by atoms with Gasteiger partial charge >= 0.3 is 0 Å². The van der Waals surface area contributed by atoms with Gasteiger partial charge in [-0.15, -0.1) is 0 Å². The number of carbonyl (C=O) groups is 2. The number of amides is 2. The number of rotatable bonds is 3. The number of hydrogen-bond acceptors (Lipinski definition) is 6. The molecule has 0 saturated carbocycles. The maximum absolute atomic E-state index is 11.9. The van der Waals surface area contributed by atoms with Crippen LogP contribution >= 0.6 is 12.2 Å². The Labute approximate surface area is 153 Å². The fourth-order valence-corrected chi connectivity index (χ4v) is 2.79. The Bertz CT molecular complexity index is 984. The van der Waals surface area contributed by atoms with E-state index in [-0.39, 0.29) is 22.1 Å². The second kappa shape index (κ2) is 6.52. The van der Waals surface area contributed by atoms with Gasteiger partial charge in [0.15, 0.2) is 5.11 Å². The first-order chi connectivity index (χ1) is 12.3. The molecule has 0 radical (unpaired) electrons. The van der Waals surface area contributed by atoms with Gasteiger partial charge in [-0.25, -0.2) is 0 Å². The van der Waals surface area contributed by atoms with Gasteiger partial charge in [-0.3, -0.25) is 30.3 Å². The standard InChI is InChI=1S/C17H13N3O5S/c1-8-5-11(9(2)13(6-8)20(23)24)14-4-3-10(25-14)7-12-15(21)18-17(26)19-16(12)22/h3-7H,1-2H3,(H2,18,19,21,22,26). The van der Waals surface area contributed by atoms with Crippen LogP contribution in [-0.4, -0.2) is 21.9 Å². The molecular formula is C17H13N3O5S. The van der Waals surface area contributed by atoms with Crippen LogP contribution in [0, 0.1) is 24.0 Å². The topological polar surface area (TPSA) is 114 Å². The molecule has 1 aromatic heterocycles. The Morgan fingerprint density at radius 2 is 1.81 bits per heavy atom. The number of furan rings is 1. The molecule has 1 aliphatic rings. The Kier molecular flexibility index (Phi) is 4.39. The minimum atomic E-state index is -0.626. The summed E-state index contributed by atoms with van der Waals surface area (Å²) in [6, 6.07) is 6.46. The van der Waals surface area contributed by atoms with Crippen LogP contribution in [-0.2, 0) is 9.59 Å². The summed E-state index contributed by atoms with van der Waals surface area (Å²) >= 11 is 4.74. The minimum Gasteiger partial charge on any atom is -0.457 e. The van der Waals surface area contributed by atoms with Crippen LogP contribution in [0.15, 0.2) is 34.3 Å². The Morgan fingerprint density at radius 3 is 2.42 bits per heavy atom. The monoisotopic (exact) mass is 371 g/mol. The number of benzene rings is 1. The summed E-state index contributed by atoms with van der Waals surface area (Å²) in [7, 11) is 0. The van der Waals surface area contributed by atoms with E-state index < -0.39 is 16.7 Å². The summed E-state index contributed by atoms with van der Waals surface area (Å²) in [5.74, 6) is -0.594. The number of carbonyl (C=O) groups excluding carboxylic acids is 2. The highest BCUT2D eigenvalue weighted by molar-refractivity contribution is 7.80. The van der Waals surface area contributed by atoms with E-state index in [1.165, 1.54) is 12.1 Å². The summed E-state index contributed by atoms with van der Waals surface area (Å²) in [6.45, 7) is 3.39. The Hall–Kier alpha value is -3.33. The van der Waals surface area contributed by atoms with E-state index in [0.717, 1.165) is 0 Å². The van der Waals surface area contributed by atoms with E-state index in [1.807, 2.05) is 0 Å². The van der Waals surface area contributed by atoms with Crippen LogP contribution in [0.4, 0.5) is 5.69 Å². The van der Waals surface area contributed by atoms with Gasteiger partial charge in [0.05, 0.1) is 4.92 Å². The first kappa shape index (κ1) is 17.5. The van der Waals surface area contributed by atoms with E-state index in [9.17, 15) is 19.7 Å². The molecule has 0 aliphatic carbocycles. The van der Waals surface area contributed by atoms with Crippen LogP contribution < -0.4 is 10.6 Å². The Morgan fingerprint density at radius 1 is 1.15 bits per heavy atom. The third-order valence-electron chi connectivity index (χ3n) is 3.84. The lowest BCUT2D eigenvalue weighted by Crippen LogP contribution is -2.51. The third-order valence-corrected chi connectivity index (χ3v) is 4.05. The lowest BCUT2D eigenvalue weighted by Gasteiger charge is -2.15. The molecule has 0 atom stereocenters. The van der Waals surface area contributed by atoms with E-state index in [4.69, 9.17) is 16.6 Å². The number of hydrogen-bond donors (Lipinski definition) is 2. The molecule has 1 fully saturated rings. The summed E-state index contributed by atoms with van der Waals surface area (Å²) in [5, 5.41) is 15.8. The van der Waals surface area contributed by atoms with Crippen molar-refractivity contribution in [3.63, 3.8) is 0 Å². The molecule has 0 bridgehead atoms. The van der Waals surface area contributed by atoms with Crippen LogP contribution in [0.2, 0.25) is 0 Å². The molecule has 2 N–H and O–H groups in total. The van der Waals surface area contributed by atoms with Crippen molar-refractivity contribution in [2.75, 3.05) is 0 Å². The maximum atomic E-state index is 11.9. The van der Waals surface area contributed by atoms with Crippen LogP contribution in [0.1, 0.15) is 16.9 Å². The fourth-order valence-electron chi connectivity index (χ4n) is 2.61. The van der Waals surface area contributed by atoms with Crippen molar-refractivity contribution < 1.29 is 18.9 Å². The molecule has 1 saturated heterocycles. The normalized spacial score (nSPS) is 14.1. The lowest BCUT2D eigenvalue weighted by molar-refractivity contribution is -0.385. The molecule has 1 aromatic carbocycles. The van der Waals surface area contributed by atoms with Gasteiger partial charge in [-0.1, -0.05) is 0 Å². The molecule has 2 aromatic rings. The lowest BCUT2D eigenvalue weighted by atomic mass is 10.0. The van der Waals surface area contributed by atoms with E-state index in [0.29, 0.717) is 22.5 Å². The average molecular weight is 371 g/mol. The van der Waals surface area contributed by atoms with Gasteiger partial charge in [0.1, 0.15) is 17.1 Å². The number of nitro benzene ring substituents is 1. The number of nitrogens with one attached hydrogen (secondary N) is 2. The van der Waals surface area contributed by atoms with Crippen molar-refractivity contribution in [1.82, 2.24) is 10.6 Å². The van der Waals surface area contributed by atoms with Crippen molar-refractivity contribution >= 4 is 40.9 Å². The SMILES string of the molecule is Cc1cc(-c2ccc(C=C3C(=O)NC(=S)NC3=O)o2)c(C)c([N+](=O)[O-])c1. The number of aryl methyl sites for hydroxylation is 1. The van der Waals surface area contributed by atoms with E-state index in [1.54, 1.807) is 32.0 Å². The van der Waals surface area contributed by atoms with Gasteiger partial charge < -0.3 is 4.42 Å².